The molecule has 3 aromatic rings. The number of nitrogens with one attached hydrogen (secondary N) is 2. The van der Waals surface area contributed by atoms with E-state index in [2.05, 4.69) is 15.6 Å². The third-order valence-electron chi connectivity index (χ3n) is 5.20. The molecule has 34 heavy (non-hydrogen) atoms. The van der Waals surface area contributed by atoms with Crippen LogP contribution in [0.5, 0.6) is 0 Å². The van der Waals surface area contributed by atoms with E-state index >= 15 is 0 Å². The number of aryl methyl sites for hydroxylation is 3. The average molecular weight is 465 g/mol. The number of urea groups is 1. The van der Waals surface area contributed by atoms with Crippen LogP contribution >= 0.6 is 0 Å². The van der Waals surface area contributed by atoms with Gasteiger partial charge in [-0.05, 0) is 38.0 Å². The minimum absolute atomic E-state index is 0.0680. The van der Waals surface area contributed by atoms with E-state index in [0.717, 1.165) is 11.1 Å². The number of hydrogen-bond acceptors (Lipinski definition) is 6. The van der Waals surface area contributed by atoms with E-state index in [1.165, 1.54) is 6.92 Å². The molecule has 0 aliphatic heterocycles. The van der Waals surface area contributed by atoms with Crippen LogP contribution < -0.4 is 16.2 Å². The first-order chi connectivity index (χ1) is 16.4. The smallest absolute Gasteiger partial charge is 0.321 e. The first kappa shape index (κ1) is 24.6. The van der Waals surface area contributed by atoms with Gasteiger partial charge in [-0.1, -0.05) is 42.5 Å². The van der Waals surface area contributed by atoms with Crippen LogP contribution in [0.3, 0.4) is 0 Å². The Bertz CT molecular complexity index is 1220. The van der Waals surface area contributed by atoms with Gasteiger partial charge in [0.2, 0.25) is 0 Å². The molecule has 0 fully saturated rings. The zero-order valence-electron chi connectivity index (χ0n) is 19.2. The van der Waals surface area contributed by atoms with Crippen LogP contribution in [0, 0.1) is 0 Å². The quantitative estimate of drug-likeness (QED) is 0.469. The van der Waals surface area contributed by atoms with Gasteiger partial charge >= 0.3 is 12.0 Å². The molecule has 2 aromatic carbocycles. The van der Waals surface area contributed by atoms with E-state index in [0.29, 0.717) is 25.0 Å². The third-order valence-corrected chi connectivity index (χ3v) is 5.20. The van der Waals surface area contributed by atoms with Crippen LogP contribution in [0.4, 0.5) is 4.79 Å². The number of para-hydroxylation sites is 2. The number of imide groups is 1. The summed E-state index contributed by atoms with van der Waals surface area (Å²) in [6.07, 6.45) is -0.535. The Morgan fingerprint density at radius 3 is 2.47 bits per heavy atom. The lowest BCUT2D eigenvalue weighted by atomic mass is 10.1. The number of amides is 3. The number of hydrogen-bond donors (Lipinski definition) is 2. The normalized spacial score (nSPS) is 11.6. The molecule has 0 unspecified atom stereocenters. The van der Waals surface area contributed by atoms with Gasteiger partial charge in [0.05, 0.1) is 17.5 Å². The first-order valence-corrected chi connectivity index (χ1v) is 11.2. The summed E-state index contributed by atoms with van der Waals surface area (Å²) in [7, 11) is 0. The molecule has 0 aliphatic rings. The van der Waals surface area contributed by atoms with Gasteiger partial charge < -0.3 is 14.6 Å². The molecule has 1 aromatic heterocycles. The largest absolute Gasteiger partial charge is 0.453 e. The Kier molecular flexibility index (Phi) is 8.50. The van der Waals surface area contributed by atoms with Crippen LogP contribution in [-0.4, -0.2) is 40.1 Å². The molecule has 0 aliphatic carbocycles. The van der Waals surface area contributed by atoms with Gasteiger partial charge in [0.25, 0.3) is 11.5 Å². The molecule has 9 nitrogen and oxygen atoms in total. The first-order valence-electron chi connectivity index (χ1n) is 11.2. The minimum Gasteiger partial charge on any atom is -0.453 e. The average Bonchev–Trinajstić information content (AvgIpc) is 2.83. The van der Waals surface area contributed by atoms with E-state index in [1.54, 1.807) is 11.5 Å². The van der Waals surface area contributed by atoms with Gasteiger partial charge in [0.1, 0.15) is 5.69 Å². The van der Waals surface area contributed by atoms with Crippen molar-refractivity contribution in [3.8, 4) is 0 Å². The Morgan fingerprint density at radius 2 is 1.74 bits per heavy atom. The molecular weight excluding hydrogens is 436 g/mol. The van der Waals surface area contributed by atoms with Gasteiger partial charge in [-0.2, -0.15) is 0 Å². The van der Waals surface area contributed by atoms with Gasteiger partial charge in [0, 0.05) is 19.5 Å². The molecule has 0 saturated heterocycles. The monoisotopic (exact) mass is 464 g/mol. The number of carbonyl (C=O) groups is 3. The summed E-state index contributed by atoms with van der Waals surface area (Å²) in [6, 6.07) is 16.6. The Morgan fingerprint density at radius 1 is 1.03 bits per heavy atom. The summed E-state index contributed by atoms with van der Waals surface area (Å²) in [5.74, 6) is -1.39. The second-order valence-electron chi connectivity index (χ2n) is 7.72. The van der Waals surface area contributed by atoms with Crippen LogP contribution in [0.15, 0.2) is 59.4 Å². The Labute approximate surface area is 197 Å². The molecule has 9 heteroatoms. The molecular formula is C25H28N4O5. The molecule has 0 spiro atoms. The summed E-state index contributed by atoms with van der Waals surface area (Å²) >= 11 is 0. The molecule has 3 amide bonds. The minimum atomic E-state index is -1.15. The van der Waals surface area contributed by atoms with Crippen molar-refractivity contribution in [3.63, 3.8) is 0 Å². The summed E-state index contributed by atoms with van der Waals surface area (Å²) in [5, 5.41) is 4.51. The molecule has 0 radical (unpaired) electrons. The molecule has 0 saturated carbocycles. The number of esters is 1. The van der Waals surface area contributed by atoms with E-state index < -0.39 is 24.0 Å². The molecule has 0 bridgehead atoms. The van der Waals surface area contributed by atoms with Gasteiger partial charge in [-0.15, -0.1) is 0 Å². The highest BCUT2D eigenvalue weighted by atomic mass is 16.5. The lowest BCUT2D eigenvalue weighted by Crippen LogP contribution is -2.44. The van der Waals surface area contributed by atoms with Crippen molar-refractivity contribution in [2.75, 3.05) is 6.54 Å². The Hall–Kier alpha value is -4.01. The second kappa shape index (κ2) is 11.7. The number of benzene rings is 2. The fourth-order valence-corrected chi connectivity index (χ4v) is 3.46. The fourth-order valence-electron chi connectivity index (χ4n) is 3.46. The third kappa shape index (κ3) is 6.50. The summed E-state index contributed by atoms with van der Waals surface area (Å²) in [6.45, 7) is 3.91. The molecule has 1 heterocycles. The standard InChI is InChI=1S/C25H28N4O5/c1-3-26-25(33)28-23(31)17(2)34-22(30)14-13-20-24(32)29(16-15-18-9-5-4-6-10-18)21-12-8-7-11-19(21)27-20/h4-12,17H,3,13-16H2,1-2H3,(H2,26,28,31,33)/t17-/m1/s1. The van der Waals surface area contributed by atoms with Crippen LogP contribution in [0.1, 0.15) is 31.5 Å². The highest BCUT2D eigenvalue weighted by Crippen LogP contribution is 2.12. The Balaban J connectivity index is 1.69. The van der Waals surface area contributed by atoms with Crippen molar-refractivity contribution in [2.45, 2.75) is 45.8 Å². The van der Waals surface area contributed by atoms with Gasteiger partial charge in [0.15, 0.2) is 6.10 Å². The number of rotatable bonds is 9. The van der Waals surface area contributed by atoms with E-state index in [1.807, 2.05) is 54.6 Å². The lowest BCUT2D eigenvalue weighted by molar-refractivity contribution is -0.154. The van der Waals surface area contributed by atoms with E-state index in [4.69, 9.17) is 4.74 Å². The van der Waals surface area contributed by atoms with Crippen molar-refractivity contribution in [1.29, 1.82) is 0 Å². The number of nitrogens with zero attached hydrogens (tertiary/aromatic N) is 2. The molecule has 3 rings (SSSR count). The topological polar surface area (TPSA) is 119 Å². The lowest BCUT2D eigenvalue weighted by Gasteiger charge is -2.14. The predicted octanol–water partition coefficient (Wildman–Crippen LogP) is 2.35. The summed E-state index contributed by atoms with van der Waals surface area (Å²) in [5.41, 5.74) is 2.49. The van der Waals surface area contributed by atoms with Crippen molar-refractivity contribution in [2.24, 2.45) is 0 Å². The number of aromatic nitrogens is 2. The zero-order chi connectivity index (χ0) is 24.5. The summed E-state index contributed by atoms with van der Waals surface area (Å²) in [4.78, 5) is 53.3. The SMILES string of the molecule is CCNC(=O)NC(=O)[C@@H](C)OC(=O)CCc1nc2ccccc2n(CCc2ccccc2)c1=O. The predicted molar refractivity (Wildman–Crippen MR) is 127 cm³/mol. The number of ether oxygens (including phenoxy) is 1. The maximum atomic E-state index is 13.2. The highest BCUT2D eigenvalue weighted by Gasteiger charge is 2.20. The zero-order valence-corrected chi connectivity index (χ0v) is 19.2. The van der Waals surface area contributed by atoms with E-state index in [9.17, 15) is 19.2 Å². The molecule has 178 valence electrons. The fraction of sp³-hybridized carbons (Fsp3) is 0.320. The van der Waals surface area contributed by atoms with Gasteiger partial charge in [-0.25, -0.2) is 9.78 Å². The molecule has 2 N–H and O–H groups in total. The van der Waals surface area contributed by atoms with Crippen LogP contribution in [0.2, 0.25) is 0 Å². The van der Waals surface area contributed by atoms with Crippen LogP contribution in [0.25, 0.3) is 11.0 Å². The number of fused-ring (bicyclic) bond motifs is 1. The van der Waals surface area contributed by atoms with Crippen molar-refractivity contribution in [1.82, 2.24) is 20.2 Å². The van der Waals surface area contributed by atoms with Crippen LogP contribution in [-0.2, 0) is 33.7 Å². The molecule has 1 atom stereocenters. The van der Waals surface area contributed by atoms with Crippen molar-refractivity contribution >= 4 is 28.9 Å². The van der Waals surface area contributed by atoms with E-state index in [-0.39, 0.29) is 24.1 Å². The second-order valence-corrected chi connectivity index (χ2v) is 7.72. The van der Waals surface area contributed by atoms with Gasteiger partial charge in [-0.3, -0.25) is 19.7 Å². The maximum absolute atomic E-state index is 13.2. The highest BCUT2D eigenvalue weighted by molar-refractivity contribution is 5.97. The number of carbonyl (C=O) groups excluding carboxylic acids is 3. The van der Waals surface area contributed by atoms with Crippen molar-refractivity contribution in [3.05, 3.63) is 76.2 Å². The summed E-state index contributed by atoms with van der Waals surface area (Å²) < 4.78 is 6.79. The maximum Gasteiger partial charge on any atom is 0.321 e. The van der Waals surface area contributed by atoms with Crippen molar-refractivity contribution < 1.29 is 19.1 Å².